The van der Waals surface area contributed by atoms with Crippen LogP contribution in [0.4, 0.5) is 5.82 Å². The maximum Gasteiger partial charge on any atom is 0.329 e. The van der Waals surface area contributed by atoms with Crippen molar-refractivity contribution in [1.29, 1.82) is 0 Å². The van der Waals surface area contributed by atoms with E-state index < -0.39 is 36.3 Å². The first-order valence-corrected chi connectivity index (χ1v) is 8.16. The van der Waals surface area contributed by atoms with Crippen molar-refractivity contribution in [3.63, 3.8) is 0 Å². The number of aromatic nitrogens is 1. The van der Waals surface area contributed by atoms with Gasteiger partial charge in [0.25, 0.3) is 17.7 Å². The van der Waals surface area contributed by atoms with Crippen LogP contribution in [0, 0.1) is 13.8 Å². The third-order valence-electron chi connectivity index (χ3n) is 4.04. The van der Waals surface area contributed by atoms with E-state index in [1.54, 1.807) is 32.0 Å². The summed E-state index contributed by atoms with van der Waals surface area (Å²) in [6.45, 7) is 4.24. The zero-order valence-electron chi connectivity index (χ0n) is 14.9. The van der Waals surface area contributed by atoms with Crippen LogP contribution >= 0.6 is 0 Å². The van der Waals surface area contributed by atoms with Crippen LogP contribution in [0.2, 0.25) is 0 Å². The van der Waals surface area contributed by atoms with Crippen molar-refractivity contribution < 1.29 is 28.4 Å². The molecule has 0 aliphatic carbocycles. The molecule has 1 aliphatic rings. The van der Waals surface area contributed by atoms with Crippen LogP contribution in [0.5, 0.6) is 0 Å². The topological polar surface area (TPSA) is 119 Å². The number of benzene rings is 1. The van der Waals surface area contributed by atoms with Gasteiger partial charge in [-0.15, -0.1) is 0 Å². The minimum Gasteiger partial charge on any atom is -0.454 e. The van der Waals surface area contributed by atoms with E-state index in [-0.39, 0.29) is 16.9 Å². The number of hydrogen-bond acceptors (Lipinski definition) is 7. The zero-order valence-corrected chi connectivity index (χ0v) is 14.9. The molecule has 1 aromatic heterocycles. The molecule has 0 bridgehead atoms. The number of carbonyl (C=O) groups is 4. The van der Waals surface area contributed by atoms with Crippen LogP contribution in [0.15, 0.2) is 28.8 Å². The van der Waals surface area contributed by atoms with E-state index in [0.717, 1.165) is 10.5 Å². The number of carbonyl (C=O) groups excluding carboxylic acids is 4. The molecule has 1 atom stereocenters. The second-order valence-electron chi connectivity index (χ2n) is 6.18. The highest BCUT2D eigenvalue weighted by Gasteiger charge is 2.41. The molecular weight excluding hydrogens is 354 g/mol. The number of imide groups is 1. The van der Waals surface area contributed by atoms with Gasteiger partial charge in [-0.1, -0.05) is 16.8 Å². The van der Waals surface area contributed by atoms with Crippen LogP contribution in [0.1, 0.15) is 39.0 Å². The van der Waals surface area contributed by atoms with Crippen LogP contribution in [-0.2, 0) is 14.3 Å². The Hall–Kier alpha value is -3.49. The first-order chi connectivity index (χ1) is 12.8. The van der Waals surface area contributed by atoms with E-state index in [2.05, 4.69) is 10.5 Å². The fraction of sp³-hybridized carbons (Fsp3) is 0.278. The summed E-state index contributed by atoms with van der Waals surface area (Å²) in [5.74, 6) is -1.92. The minimum absolute atomic E-state index is 0.192. The lowest BCUT2D eigenvalue weighted by molar-refractivity contribution is -0.150. The molecule has 0 saturated carbocycles. The summed E-state index contributed by atoms with van der Waals surface area (Å²) in [5.41, 5.74) is 1.31. The number of amides is 3. The van der Waals surface area contributed by atoms with Crippen LogP contribution in [0.25, 0.3) is 0 Å². The molecule has 1 aliphatic heterocycles. The van der Waals surface area contributed by atoms with Gasteiger partial charge < -0.3 is 14.6 Å². The third-order valence-corrected chi connectivity index (χ3v) is 4.04. The lowest BCUT2D eigenvalue weighted by Gasteiger charge is -2.20. The summed E-state index contributed by atoms with van der Waals surface area (Å²) in [5, 5.41) is 5.98. The molecule has 1 N–H and O–H groups in total. The first-order valence-electron chi connectivity index (χ1n) is 8.16. The Labute approximate surface area is 154 Å². The molecule has 2 heterocycles. The van der Waals surface area contributed by atoms with Crippen molar-refractivity contribution in [1.82, 2.24) is 10.1 Å². The van der Waals surface area contributed by atoms with Gasteiger partial charge in [0, 0.05) is 6.07 Å². The van der Waals surface area contributed by atoms with Crippen molar-refractivity contribution in [2.75, 3.05) is 11.9 Å². The van der Waals surface area contributed by atoms with Gasteiger partial charge in [-0.2, -0.15) is 0 Å². The molecule has 0 saturated heterocycles. The number of ether oxygens (including phenoxy) is 1. The number of fused-ring (bicyclic) bond motifs is 1. The second-order valence-corrected chi connectivity index (χ2v) is 6.18. The van der Waals surface area contributed by atoms with Crippen LogP contribution in [-0.4, -0.2) is 46.4 Å². The Morgan fingerprint density at radius 3 is 2.56 bits per heavy atom. The minimum atomic E-state index is -1.17. The summed E-state index contributed by atoms with van der Waals surface area (Å²) in [6.07, 6.45) is 0. The fourth-order valence-corrected chi connectivity index (χ4v) is 2.69. The van der Waals surface area contributed by atoms with Gasteiger partial charge in [-0.3, -0.25) is 19.3 Å². The monoisotopic (exact) mass is 371 g/mol. The standard InChI is InChI=1S/C18H17N3O6/c1-9-4-5-12-13(6-9)17(24)21(16(12)23)11(3)18(25)26-8-15(22)19-14-7-10(2)27-20-14/h4-7,11H,8H2,1-3H3,(H,19,20,22). The number of nitrogens with zero attached hydrogens (tertiary/aromatic N) is 2. The van der Waals surface area contributed by atoms with Crippen molar-refractivity contribution in [2.24, 2.45) is 0 Å². The Kier molecular flexibility index (Phi) is 4.76. The number of esters is 1. The van der Waals surface area contributed by atoms with Gasteiger partial charge in [-0.05, 0) is 32.9 Å². The quantitative estimate of drug-likeness (QED) is 0.624. The highest BCUT2D eigenvalue weighted by molar-refractivity contribution is 6.22. The Bertz CT molecular complexity index is 948. The number of rotatable bonds is 5. The average Bonchev–Trinajstić information content (AvgIpc) is 3.13. The molecule has 3 amide bonds. The summed E-state index contributed by atoms with van der Waals surface area (Å²) >= 11 is 0. The van der Waals surface area contributed by atoms with Gasteiger partial charge in [0.05, 0.1) is 11.1 Å². The number of aryl methyl sites for hydroxylation is 2. The van der Waals surface area contributed by atoms with Gasteiger partial charge in [-0.25, -0.2) is 4.79 Å². The van der Waals surface area contributed by atoms with Crippen LogP contribution < -0.4 is 5.32 Å². The molecule has 0 fully saturated rings. The van der Waals surface area contributed by atoms with Gasteiger partial charge in [0.1, 0.15) is 11.8 Å². The van der Waals surface area contributed by atoms with E-state index in [1.807, 2.05) is 0 Å². The fourth-order valence-electron chi connectivity index (χ4n) is 2.69. The highest BCUT2D eigenvalue weighted by atomic mass is 16.5. The van der Waals surface area contributed by atoms with Crippen LogP contribution in [0.3, 0.4) is 0 Å². The normalized spacial score (nSPS) is 14.1. The average molecular weight is 371 g/mol. The molecule has 0 spiro atoms. The third kappa shape index (κ3) is 3.57. The van der Waals surface area contributed by atoms with E-state index >= 15 is 0 Å². The smallest absolute Gasteiger partial charge is 0.329 e. The summed E-state index contributed by atoms with van der Waals surface area (Å²) in [6, 6.07) is 5.20. The Morgan fingerprint density at radius 1 is 1.19 bits per heavy atom. The molecule has 3 rings (SSSR count). The predicted octanol–water partition coefficient (Wildman–Crippen LogP) is 1.46. The maximum absolute atomic E-state index is 12.5. The molecule has 27 heavy (non-hydrogen) atoms. The van der Waals surface area contributed by atoms with Gasteiger partial charge >= 0.3 is 5.97 Å². The van der Waals surface area contributed by atoms with Gasteiger partial charge in [0.15, 0.2) is 12.4 Å². The van der Waals surface area contributed by atoms with Gasteiger partial charge in [0.2, 0.25) is 0 Å². The number of hydrogen-bond donors (Lipinski definition) is 1. The molecular formula is C18H17N3O6. The first kappa shape index (κ1) is 18.3. The predicted molar refractivity (Wildman–Crippen MR) is 92.0 cm³/mol. The molecule has 9 heteroatoms. The molecule has 2 aromatic rings. The van der Waals surface area contributed by atoms with E-state index in [0.29, 0.717) is 5.76 Å². The maximum atomic E-state index is 12.5. The Morgan fingerprint density at radius 2 is 1.89 bits per heavy atom. The SMILES string of the molecule is Cc1ccc2c(c1)C(=O)N(C(C)C(=O)OCC(=O)Nc1cc(C)on1)C2=O. The van der Waals surface area contributed by atoms with E-state index in [1.165, 1.54) is 13.0 Å². The summed E-state index contributed by atoms with van der Waals surface area (Å²) in [7, 11) is 0. The van der Waals surface area contributed by atoms with Crippen molar-refractivity contribution in [3.05, 3.63) is 46.7 Å². The zero-order chi connectivity index (χ0) is 19.7. The summed E-state index contributed by atoms with van der Waals surface area (Å²) in [4.78, 5) is 49.8. The van der Waals surface area contributed by atoms with E-state index in [4.69, 9.17) is 9.26 Å². The molecule has 0 radical (unpaired) electrons. The molecule has 1 unspecified atom stereocenters. The number of anilines is 1. The van der Waals surface area contributed by atoms with Crippen molar-refractivity contribution in [2.45, 2.75) is 26.8 Å². The molecule has 9 nitrogen and oxygen atoms in total. The molecule has 140 valence electrons. The highest BCUT2D eigenvalue weighted by Crippen LogP contribution is 2.26. The van der Waals surface area contributed by atoms with Crippen molar-refractivity contribution in [3.8, 4) is 0 Å². The lowest BCUT2D eigenvalue weighted by atomic mass is 10.1. The lowest BCUT2D eigenvalue weighted by Crippen LogP contribution is -2.44. The molecule has 1 aromatic carbocycles. The van der Waals surface area contributed by atoms with E-state index in [9.17, 15) is 19.2 Å². The second kappa shape index (κ2) is 7.02. The Balaban J connectivity index is 1.61. The largest absolute Gasteiger partial charge is 0.454 e. The van der Waals surface area contributed by atoms with Crippen molar-refractivity contribution >= 4 is 29.5 Å². The number of nitrogens with one attached hydrogen (secondary N) is 1. The summed E-state index contributed by atoms with van der Waals surface area (Å²) < 4.78 is 9.73.